The van der Waals surface area contributed by atoms with Crippen LogP contribution in [0.15, 0.2) is 30.0 Å². The molecule has 0 N–H and O–H groups in total. The molecule has 0 radical (unpaired) electrons. The standard InChI is InChI=1S/C15H22Si/c1-15(2)10-12-8-6-7-9-13(12)14(15)11-16(3,4)5/h6-9,11H,10H2,1-5H3/b14-11-. The van der Waals surface area contributed by atoms with Crippen molar-refractivity contribution in [1.29, 1.82) is 0 Å². The van der Waals surface area contributed by atoms with Gasteiger partial charge in [-0.15, -0.1) is 0 Å². The van der Waals surface area contributed by atoms with Crippen LogP contribution >= 0.6 is 0 Å². The molecule has 1 aromatic rings. The zero-order valence-corrected chi connectivity index (χ0v) is 12.1. The second-order valence-electron chi connectivity index (χ2n) is 6.64. The number of allylic oxidation sites excluding steroid dienone is 1. The van der Waals surface area contributed by atoms with Gasteiger partial charge in [-0.2, -0.15) is 0 Å². The Bertz CT molecular complexity index is 433. The van der Waals surface area contributed by atoms with Gasteiger partial charge in [0, 0.05) is 0 Å². The largest absolute Gasteiger partial charge is 0.0907 e. The average Bonchev–Trinajstić information content (AvgIpc) is 2.36. The molecule has 86 valence electrons. The lowest BCUT2D eigenvalue weighted by atomic mass is 9.86. The molecule has 0 atom stereocenters. The summed E-state index contributed by atoms with van der Waals surface area (Å²) in [6.07, 6.45) is 1.19. The van der Waals surface area contributed by atoms with E-state index in [-0.39, 0.29) is 0 Å². The molecule has 0 heterocycles. The summed E-state index contributed by atoms with van der Waals surface area (Å²) in [5.74, 6) is 0. The smallest absolute Gasteiger partial charge is 0.0691 e. The maximum absolute atomic E-state index is 2.58. The fourth-order valence-corrected chi connectivity index (χ4v) is 3.99. The van der Waals surface area contributed by atoms with Crippen molar-refractivity contribution in [3.05, 3.63) is 41.1 Å². The van der Waals surface area contributed by atoms with E-state index in [0.29, 0.717) is 5.41 Å². The lowest BCUT2D eigenvalue weighted by molar-refractivity contribution is 0.521. The summed E-state index contributed by atoms with van der Waals surface area (Å²) in [5.41, 5.74) is 7.51. The minimum Gasteiger partial charge on any atom is -0.0907 e. The molecular weight excluding hydrogens is 208 g/mol. The van der Waals surface area contributed by atoms with Crippen LogP contribution in [0.25, 0.3) is 5.57 Å². The Morgan fingerprint density at radius 2 is 1.75 bits per heavy atom. The second kappa shape index (κ2) is 3.59. The van der Waals surface area contributed by atoms with Crippen molar-refractivity contribution in [2.75, 3.05) is 0 Å². The molecule has 16 heavy (non-hydrogen) atoms. The van der Waals surface area contributed by atoms with E-state index in [0.717, 1.165) is 0 Å². The summed E-state index contributed by atoms with van der Waals surface area (Å²) in [6, 6.07) is 8.89. The summed E-state index contributed by atoms with van der Waals surface area (Å²) < 4.78 is 0. The van der Waals surface area contributed by atoms with Crippen LogP contribution in [0.5, 0.6) is 0 Å². The van der Waals surface area contributed by atoms with E-state index in [9.17, 15) is 0 Å². The van der Waals surface area contributed by atoms with Gasteiger partial charge in [0.1, 0.15) is 0 Å². The van der Waals surface area contributed by atoms with E-state index in [4.69, 9.17) is 0 Å². The van der Waals surface area contributed by atoms with E-state index in [1.807, 2.05) is 0 Å². The van der Waals surface area contributed by atoms with E-state index >= 15 is 0 Å². The Labute approximate surface area is 100 Å². The van der Waals surface area contributed by atoms with Crippen LogP contribution in [0, 0.1) is 5.41 Å². The van der Waals surface area contributed by atoms with Crippen LogP contribution in [0.2, 0.25) is 19.6 Å². The number of fused-ring (bicyclic) bond motifs is 1. The van der Waals surface area contributed by atoms with Gasteiger partial charge in [0.05, 0.1) is 8.07 Å². The van der Waals surface area contributed by atoms with Gasteiger partial charge in [-0.05, 0) is 28.5 Å². The summed E-state index contributed by atoms with van der Waals surface area (Å²) in [5, 5.41) is 0. The highest BCUT2D eigenvalue weighted by Crippen LogP contribution is 2.46. The monoisotopic (exact) mass is 230 g/mol. The van der Waals surface area contributed by atoms with E-state index < -0.39 is 8.07 Å². The van der Waals surface area contributed by atoms with Crippen molar-refractivity contribution in [3.63, 3.8) is 0 Å². The number of rotatable bonds is 1. The van der Waals surface area contributed by atoms with Gasteiger partial charge in [0.15, 0.2) is 0 Å². The van der Waals surface area contributed by atoms with Crippen molar-refractivity contribution in [3.8, 4) is 0 Å². The number of benzene rings is 1. The Kier molecular flexibility index (Phi) is 2.62. The van der Waals surface area contributed by atoms with Crippen molar-refractivity contribution in [1.82, 2.24) is 0 Å². The molecule has 0 spiro atoms. The van der Waals surface area contributed by atoms with E-state index in [2.05, 4.69) is 63.5 Å². The van der Waals surface area contributed by atoms with Crippen LogP contribution < -0.4 is 0 Å². The molecule has 0 unspecified atom stereocenters. The third-order valence-corrected chi connectivity index (χ3v) is 4.40. The molecule has 0 bridgehead atoms. The van der Waals surface area contributed by atoms with Gasteiger partial charge in [-0.25, -0.2) is 0 Å². The molecule has 2 rings (SSSR count). The SMILES string of the molecule is CC1(C)Cc2ccccc2/C1=C/[Si](C)(C)C. The molecule has 0 saturated heterocycles. The summed E-state index contributed by atoms with van der Waals surface area (Å²) >= 11 is 0. The normalized spacial score (nSPS) is 21.2. The Hall–Kier alpha value is -0.823. The van der Waals surface area contributed by atoms with Crippen LogP contribution in [0.3, 0.4) is 0 Å². The fourth-order valence-electron chi connectivity index (χ4n) is 2.58. The third-order valence-electron chi connectivity index (χ3n) is 3.25. The molecule has 0 amide bonds. The van der Waals surface area contributed by atoms with Crippen molar-refractivity contribution < 1.29 is 0 Å². The quantitative estimate of drug-likeness (QED) is 0.622. The van der Waals surface area contributed by atoms with Gasteiger partial charge < -0.3 is 0 Å². The van der Waals surface area contributed by atoms with Crippen molar-refractivity contribution in [2.45, 2.75) is 39.9 Å². The fraction of sp³-hybridized carbons (Fsp3) is 0.467. The van der Waals surface area contributed by atoms with Gasteiger partial charge in [0.2, 0.25) is 0 Å². The van der Waals surface area contributed by atoms with Crippen LogP contribution in [0.4, 0.5) is 0 Å². The molecule has 0 fully saturated rings. The van der Waals surface area contributed by atoms with Gasteiger partial charge >= 0.3 is 0 Å². The lowest BCUT2D eigenvalue weighted by Crippen LogP contribution is -2.20. The lowest BCUT2D eigenvalue weighted by Gasteiger charge is -2.23. The predicted octanol–water partition coefficient (Wildman–Crippen LogP) is 4.53. The Morgan fingerprint density at radius 3 is 2.38 bits per heavy atom. The average molecular weight is 230 g/mol. The molecule has 0 aromatic heterocycles. The number of hydrogen-bond acceptors (Lipinski definition) is 0. The van der Waals surface area contributed by atoms with Crippen LogP contribution in [-0.4, -0.2) is 8.07 Å². The zero-order valence-electron chi connectivity index (χ0n) is 11.1. The summed E-state index contributed by atoms with van der Waals surface area (Å²) in [6.45, 7) is 12.0. The topological polar surface area (TPSA) is 0 Å². The Morgan fingerprint density at radius 1 is 1.12 bits per heavy atom. The molecule has 0 nitrogen and oxygen atoms in total. The molecule has 1 aliphatic carbocycles. The highest BCUT2D eigenvalue weighted by atomic mass is 28.3. The summed E-state index contributed by atoms with van der Waals surface area (Å²) in [7, 11) is -1.14. The molecule has 1 aliphatic rings. The minimum absolute atomic E-state index is 0.323. The van der Waals surface area contributed by atoms with Crippen molar-refractivity contribution >= 4 is 13.6 Å². The first-order valence-corrected chi connectivity index (χ1v) is 9.69. The molecule has 0 aliphatic heterocycles. The highest BCUT2D eigenvalue weighted by Gasteiger charge is 2.34. The second-order valence-corrected chi connectivity index (χ2v) is 11.7. The first-order valence-electron chi connectivity index (χ1n) is 6.11. The molecule has 1 aromatic carbocycles. The molecule has 0 saturated carbocycles. The van der Waals surface area contributed by atoms with Crippen LogP contribution in [0.1, 0.15) is 25.0 Å². The van der Waals surface area contributed by atoms with Crippen molar-refractivity contribution in [2.24, 2.45) is 5.41 Å². The zero-order chi connectivity index (χ0) is 12.0. The van der Waals surface area contributed by atoms with E-state index in [1.54, 1.807) is 5.57 Å². The minimum atomic E-state index is -1.14. The van der Waals surface area contributed by atoms with Crippen LogP contribution in [-0.2, 0) is 6.42 Å². The van der Waals surface area contributed by atoms with Gasteiger partial charge in [-0.3, -0.25) is 0 Å². The van der Waals surface area contributed by atoms with E-state index in [1.165, 1.54) is 17.5 Å². The van der Waals surface area contributed by atoms with Gasteiger partial charge in [0.25, 0.3) is 0 Å². The first kappa shape index (κ1) is 11.7. The maximum atomic E-state index is 2.58. The maximum Gasteiger partial charge on any atom is 0.0691 e. The van der Waals surface area contributed by atoms with Gasteiger partial charge in [-0.1, -0.05) is 63.5 Å². The highest BCUT2D eigenvalue weighted by molar-refractivity contribution is 6.81. The number of hydrogen-bond donors (Lipinski definition) is 0. The summed E-state index contributed by atoms with van der Waals surface area (Å²) in [4.78, 5) is 0. The first-order chi connectivity index (χ1) is 7.30. The molecular formula is C15H22Si. The predicted molar refractivity (Wildman–Crippen MR) is 75.3 cm³/mol. The Balaban J connectivity index is 2.56. The third kappa shape index (κ3) is 2.15. The molecule has 1 heteroatoms.